The van der Waals surface area contributed by atoms with Gasteiger partial charge >= 0.3 is 0 Å². The van der Waals surface area contributed by atoms with Crippen molar-refractivity contribution in [2.75, 3.05) is 23.7 Å². The molecule has 7 heteroatoms. The van der Waals surface area contributed by atoms with E-state index in [1.807, 2.05) is 30.3 Å². The van der Waals surface area contributed by atoms with Crippen LogP contribution in [0.25, 0.3) is 0 Å². The molecular weight excluding hydrogens is 338 g/mol. The second-order valence-electron chi connectivity index (χ2n) is 6.16. The molecule has 25 heavy (non-hydrogen) atoms. The number of anilines is 1. The van der Waals surface area contributed by atoms with Crippen LogP contribution in [0.4, 0.5) is 5.69 Å². The maximum absolute atomic E-state index is 12.4. The molecular formula is C18H21N3O3S. The Morgan fingerprint density at radius 3 is 2.64 bits per heavy atom. The Balaban J connectivity index is 1.68. The van der Waals surface area contributed by atoms with E-state index in [1.165, 1.54) is 10.6 Å². The summed E-state index contributed by atoms with van der Waals surface area (Å²) in [6.07, 6.45) is 1.79. The van der Waals surface area contributed by atoms with Crippen molar-refractivity contribution in [2.24, 2.45) is 5.73 Å². The molecule has 3 rings (SSSR count). The SMILES string of the molecule is CS(=O)(=O)N1CCc2cc(C(=O)NCC(N)c3ccccc3)ccc21. The molecule has 0 spiro atoms. The van der Waals surface area contributed by atoms with E-state index in [0.29, 0.717) is 30.8 Å². The number of carbonyl (C=O) groups excluding carboxylic acids is 1. The first-order valence-corrected chi connectivity index (χ1v) is 9.90. The summed E-state index contributed by atoms with van der Waals surface area (Å²) >= 11 is 0. The average molecular weight is 359 g/mol. The lowest BCUT2D eigenvalue weighted by Gasteiger charge is -2.17. The topological polar surface area (TPSA) is 92.5 Å². The van der Waals surface area contributed by atoms with Crippen molar-refractivity contribution in [3.05, 3.63) is 65.2 Å². The first-order valence-electron chi connectivity index (χ1n) is 8.05. The number of nitrogens with one attached hydrogen (secondary N) is 1. The summed E-state index contributed by atoms with van der Waals surface area (Å²) in [6, 6.07) is 14.4. The molecule has 0 saturated heterocycles. The van der Waals surface area contributed by atoms with E-state index in [0.717, 1.165) is 11.1 Å². The Labute approximate surface area is 147 Å². The summed E-state index contributed by atoms with van der Waals surface area (Å²) in [6.45, 7) is 0.744. The molecule has 6 nitrogen and oxygen atoms in total. The number of carbonyl (C=O) groups is 1. The van der Waals surface area contributed by atoms with Crippen LogP contribution >= 0.6 is 0 Å². The van der Waals surface area contributed by atoms with E-state index < -0.39 is 10.0 Å². The van der Waals surface area contributed by atoms with Crippen LogP contribution in [0.3, 0.4) is 0 Å². The number of hydrogen-bond acceptors (Lipinski definition) is 4. The van der Waals surface area contributed by atoms with Gasteiger partial charge in [-0.15, -0.1) is 0 Å². The molecule has 0 aliphatic carbocycles. The van der Waals surface area contributed by atoms with Gasteiger partial charge in [0.2, 0.25) is 10.0 Å². The van der Waals surface area contributed by atoms with Gasteiger partial charge in [-0.05, 0) is 35.7 Å². The van der Waals surface area contributed by atoms with Crippen LogP contribution in [0.15, 0.2) is 48.5 Å². The zero-order valence-electron chi connectivity index (χ0n) is 14.0. The number of hydrogen-bond donors (Lipinski definition) is 2. The maximum Gasteiger partial charge on any atom is 0.251 e. The van der Waals surface area contributed by atoms with Gasteiger partial charge < -0.3 is 11.1 Å². The minimum Gasteiger partial charge on any atom is -0.350 e. The predicted octanol–water partition coefficient (Wildman–Crippen LogP) is 1.44. The van der Waals surface area contributed by atoms with Gasteiger partial charge in [-0.1, -0.05) is 30.3 Å². The van der Waals surface area contributed by atoms with Gasteiger partial charge in [-0.25, -0.2) is 8.42 Å². The molecule has 1 atom stereocenters. The molecule has 132 valence electrons. The zero-order chi connectivity index (χ0) is 18.0. The van der Waals surface area contributed by atoms with E-state index in [-0.39, 0.29) is 11.9 Å². The number of benzene rings is 2. The number of amides is 1. The van der Waals surface area contributed by atoms with Crippen LogP contribution in [0.2, 0.25) is 0 Å². The van der Waals surface area contributed by atoms with Crippen molar-refractivity contribution in [1.82, 2.24) is 5.32 Å². The molecule has 1 heterocycles. The van der Waals surface area contributed by atoms with Gasteiger partial charge in [0.1, 0.15) is 0 Å². The summed E-state index contributed by atoms with van der Waals surface area (Å²) in [5, 5.41) is 2.83. The fourth-order valence-electron chi connectivity index (χ4n) is 2.98. The van der Waals surface area contributed by atoms with Crippen molar-refractivity contribution >= 4 is 21.6 Å². The largest absolute Gasteiger partial charge is 0.350 e. The summed E-state index contributed by atoms with van der Waals surface area (Å²) in [5.41, 5.74) is 9.08. The van der Waals surface area contributed by atoms with Crippen molar-refractivity contribution in [3.8, 4) is 0 Å². The molecule has 0 saturated carbocycles. The number of nitrogens with zero attached hydrogens (tertiary/aromatic N) is 1. The summed E-state index contributed by atoms with van der Waals surface area (Å²) in [4.78, 5) is 12.4. The van der Waals surface area contributed by atoms with Crippen LogP contribution in [0.5, 0.6) is 0 Å². The van der Waals surface area contributed by atoms with Crippen molar-refractivity contribution in [2.45, 2.75) is 12.5 Å². The predicted molar refractivity (Wildman–Crippen MR) is 98.0 cm³/mol. The Morgan fingerprint density at radius 1 is 1.24 bits per heavy atom. The highest BCUT2D eigenvalue weighted by Crippen LogP contribution is 2.30. The van der Waals surface area contributed by atoms with Gasteiger partial charge in [0.25, 0.3) is 5.91 Å². The maximum atomic E-state index is 12.4. The fourth-order valence-corrected chi connectivity index (χ4v) is 3.94. The van der Waals surface area contributed by atoms with E-state index in [4.69, 9.17) is 5.73 Å². The summed E-state index contributed by atoms with van der Waals surface area (Å²) in [5.74, 6) is -0.216. The van der Waals surface area contributed by atoms with Crippen molar-refractivity contribution in [1.29, 1.82) is 0 Å². The second-order valence-corrected chi connectivity index (χ2v) is 8.06. The minimum absolute atomic E-state index is 0.216. The highest BCUT2D eigenvalue weighted by molar-refractivity contribution is 7.92. The standard InChI is InChI=1S/C18H21N3O3S/c1-25(23,24)21-10-9-14-11-15(7-8-17(14)21)18(22)20-12-16(19)13-5-3-2-4-6-13/h2-8,11,16H,9-10,12,19H2,1H3,(H,20,22). The minimum atomic E-state index is -3.28. The molecule has 3 N–H and O–H groups in total. The van der Waals surface area contributed by atoms with Gasteiger partial charge in [0, 0.05) is 24.7 Å². The van der Waals surface area contributed by atoms with Gasteiger partial charge in [0.05, 0.1) is 11.9 Å². The lowest BCUT2D eigenvalue weighted by Crippen LogP contribution is -2.32. The third-order valence-electron chi connectivity index (χ3n) is 4.31. The normalized spacial score (nSPS) is 14.9. The Morgan fingerprint density at radius 2 is 1.96 bits per heavy atom. The third kappa shape index (κ3) is 3.83. The fraction of sp³-hybridized carbons (Fsp3) is 0.278. The van der Waals surface area contributed by atoms with Crippen molar-refractivity contribution in [3.63, 3.8) is 0 Å². The number of rotatable bonds is 5. The highest BCUT2D eigenvalue weighted by Gasteiger charge is 2.26. The van der Waals surface area contributed by atoms with E-state index in [1.54, 1.807) is 18.2 Å². The first kappa shape index (κ1) is 17.4. The number of sulfonamides is 1. The van der Waals surface area contributed by atoms with E-state index in [2.05, 4.69) is 5.32 Å². The molecule has 0 aromatic heterocycles. The molecule has 1 aliphatic heterocycles. The van der Waals surface area contributed by atoms with E-state index in [9.17, 15) is 13.2 Å². The van der Waals surface area contributed by atoms with Gasteiger partial charge in [-0.3, -0.25) is 9.10 Å². The summed E-state index contributed by atoms with van der Waals surface area (Å²) in [7, 11) is -3.28. The number of nitrogens with two attached hydrogens (primary N) is 1. The quantitative estimate of drug-likeness (QED) is 0.845. The van der Waals surface area contributed by atoms with Gasteiger partial charge in [-0.2, -0.15) is 0 Å². The van der Waals surface area contributed by atoms with Crippen LogP contribution in [0.1, 0.15) is 27.5 Å². The molecule has 0 bridgehead atoms. The molecule has 1 aliphatic rings. The third-order valence-corrected chi connectivity index (χ3v) is 5.49. The average Bonchev–Trinajstić information content (AvgIpc) is 3.03. The van der Waals surface area contributed by atoms with Crippen LogP contribution in [0, 0.1) is 0 Å². The van der Waals surface area contributed by atoms with Crippen LogP contribution in [-0.2, 0) is 16.4 Å². The van der Waals surface area contributed by atoms with Crippen LogP contribution in [-0.4, -0.2) is 33.7 Å². The molecule has 1 amide bonds. The van der Waals surface area contributed by atoms with E-state index >= 15 is 0 Å². The van der Waals surface area contributed by atoms with Crippen LogP contribution < -0.4 is 15.4 Å². The Kier molecular flexibility index (Phi) is 4.78. The highest BCUT2D eigenvalue weighted by atomic mass is 32.2. The molecule has 2 aromatic rings. The van der Waals surface area contributed by atoms with Gasteiger partial charge in [0.15, 0.2) is 0 Å². The Bertz CT molecular complexity index is 882. The smallest absolute Gasteiger partial charge is 0.251 e. The molecule has 0 radical (unpaired) electrons. The molecule has 2 aromatic carbocycles. The molecule has 0 fully saturated rings. The zero-order valence-corrected chi connectivity index (χ0v) is 14.8. The lowest BCUT2D eigenvalue weighted by atomic mass is 10.1. The monoisotopic (exact) mass is 359 g/mol. The van der Waals surface area contributed by atoms with Crippen molar-refractivity contribution < 1.29 is 13.2 Å². The summed E-state index contributed by atoms with van der Waals surface area (Å²) < 4.78 is 24.9. The molecule has 1 unspecified atom stereocenters. The number of fused-ring (bicyclic) bond motifs is 1. The lowest BCUT2D eigenvalue weighted by molar-refractivity contribution is 0.0951. The Hall–Kier alpha value is -2.38. The second kappa shape index (κ2) is 6.85. The first-order chi connectivity index (χ1) is 11.9.